The standard InChI is InChI=1S/C25H36N2.C13H10O.H3NO3.Ru/c1-17(2)22-6-5-7-23(18(3)4)24(22)26-8-9-27(16-26)25-13-19-10-20(14-25)12-21(11-19)15-25;1-11-7-5-6-10-13(11)14-12-8-3-2-4-9-12;2-1(3)4;/h5-7,13,16-21H,8-12,14-15H2,1-4H3;1-10H;1-3H;/q-2;;;+1/p+1. The molecule has 249 valence electrons. The van der Waals surface area contributed by atoms with Crippen LogP contribution in [0.3, 0.4) is 0 Å². The summed E-state index contributed by atoms with van der Waals surface area (Å²) in [5.74, 6) is 5.99. The van der Waals surface area contributed by atoms with Gasteiger partial charge < -0.3 is 21.4 Å². The van der Waals surface area contributed by atoms with Crippen molar-refractivity contribution in [1.82, 2.24) is 4.90 Å². The maximum absolute atomic E-state index is 8.56. The van der Waals surface area contributed by atoms with Crippen LogP contribution in [0.15, 0.2) is 72.8 Å². The van der Waals surface area contributed by atoms with E-state index in [4.69, 9.17) is 15.6 Å². The molecule has 4 N–H and O–H groups in total. The van der Waals surface area contributed by atoms with E-state index in [2.05, 4.69) is 97.4 Å². The van der Waals surface area contributed by atoms with Gasteiger partial charge in [0.2, 0.25) is 0 Å². The van der Waals surface area contributed by atoms with Gasteiger partial charge in [-0.25, -0.2) is 0 Å². The van der Waals surface area contributed by atoms with Crippen molar-refractivity contribution in [3.8, 4) is 11.5 Å². The van der Waals surface area contributed by atoms with Gasteiger partial charge in [-0.1, -0.05) is 77.0 Å². The molecule has 8 rings (SSSR count). The molecule has 0 amide bonds. The van der Waals surface area contributed by atoms with Crippen LogP contribution in [0.25, 0.3) is 0 Å². The van der Waals surface area contributed by atoms with Crippen molar-refractivity contribution in [1.29, 1.82) is 0 Å². The number of para-hydroxylation sites is 3. The first kappa shape index (κ1) is 34.9. The average Bonchev–Trinajstić information content (AvgIpc) is 3.52. The van der Waals surface area contributed by atoms with Gasteiger partial charge in [0.1, 0.15) is 0 Å². The van der Waals surface area contributed by atoms with Crippen molar-refractivity contribution >= 4 is 10.3 Å². The van der Waals surface area contributed by atoms with Gasteiger partial charge in [-0.2, -0.15) is 23.0 Å². The average molecular weight is 714 g/mol. The van der Waals surface area contributed by atoms with Gasteiger partial charge in [0.25, 0.3) is 0 Å². The molecule has 3 aromatic rings. The van der Waals surface area contributed by atoms with Crippen LogP contribution >= 0.6 is 0 Å². The van der Waals surface area contributed by atoms with E-state index in [0.717, 1.165) is 41.4 Å². The fraction of sp³-hybridized carbons (Fsp3) is 0.447. The Labute approximate surface area is 284 Å². The zero-order valence-electron chi connectivity index (χ0n) is 27.5. The molecule has 5 fully saturated rings. The number of aromatic hydroxyl groups is 2. The molecule has 1 heterocycles. The van der Waals surface area contributed by atoms with Crippen LogP contribution in [0, 0.1) is 36.1 Å². The van der Waals surface area contributed by atoms with Crippen LogP contribution in [-0.4, -0.2) is 43.3 Å². The molecule has 46 heavy (non-hydrogen) atoms. The second kappa shape index (κ2) is 15.6. The quantitative estimate of drug-likeness (QED) is 0.105. The van der Waals surface area contributed by atoms with Crippen LogP contribution in [0.5, 0.6) is 11.5 Å². The number of hydrogen-bond donors (Lipinski definition) is 3. The number of anilines is 1. The Morgan fingerprint density at radius 2 is 1.46 bits per heavy atom. The SMILES string of the molecule is CC(C)c1cccc(C(C)C)c1N1[CH-]N(C23[CH-]C4CC(CC(C4)C2)C3)CC1.[O-][NH+](O)O.[Ru+]=[CH]c1ccccc1[OH+]c1ccccc1. The molecular formula is C38H50N3O4Ru. The molecule has 0 aromatic heterocycles. The van der Waals surface area contributed by atoms with Crippen molar-refractivity contribution < 1.29 is 38.4 Å². The van der Waals surface area contributed by atoms with E-state index in [-0.39, 0.29) is 0 Å². The molecule has 1 saturated heterocycles. The Morgan fingerprint density at radius 1 is 0.870 bits per heavy atom. The first-order valence-electron chi connectivity index (χ1n) is 16.7. The fourth-order valence-corrected chi connectivity index (χ4v) is 8.67. The molecule has 4 aliphatic carbocycles. The molecule has 4 saturated carbocycles. The number of hydrogen-bond acceptors (Lipinski definition) is 5. The summed E-state index contributed by atoms with van der Waals surface area (Å²) >= 11 is 2.52. The molecule has 8 heteroatoms. The summed E-state index contributed by atoms with van der Waals surface area (Å²) in [6.07, 6.45) is 10.1. The Bertz CT molecular complexity index is 1370. The van der Waals surface area contributed by atoms with Crippen molar-refractivity contribution in [3.63, 3.8) is 0 Å². The number of benzene rings is 3. The van der Waals surface area contributed by atoms with Crippen molar-refractivity contribution in [2.24, 2.45) is 17.8 Å². The summed E-state index contributed by atoms with van der Waals surface area (Å²) in [7, 11) is 0. The molecule has 3 aromatic carbocycles. The molecule has 2 atom stereocenters. The Hall–Kier alpha value is -2.45. The number of ether oxygens (including phenoxy) is 1. The maximum atomic E-state index is 8.56. The van der Waals surface area contributed by atoms with E-state index in [1.165, 1.54) is 55.5 Å². The summed E-state index contributed by atoms with van der Waals surface area (Å²) in [6.45, 7) is 14.2. The normalized spacial score (nSPS) is 24.9. The third kappa shape index (κ3) is 8.33. The summed E-state index contributed by atoms with van der Waals surface area (Å²) < 4.78 is 6.57. The van der Waals surface area contributed by atoms with Crippen LogP contribution in [0.1, 0.15) is 88.3 Å². The molecular weight excluding hydrogens is 664 g/mol. The molecule has 4 bridgehead atoms. The molecule has 0 spiro atoms. The summed E-state index contributed by atoms with van der Waals surface area (Å²) in [5, 5.41) is 20.7. The van der Waals surface area contributed by atoms with Gasteiger partial charge in [-0.05, 0) is 47.8 Å². The van der Waals surface area contributed by atoms with Crippen molar-refractivity contribution in [3.05, 3.63) is 108 Å². The fourth-order valence-electron chi connectivity index (χ4n) is 8.24. The van der Waals surface area contributed by atoms with E-state index < -0.39 is 5.39 Å². The monoisotopic (exact) mass is 714 g/mol. The van der Waals surface area contributed by atoms with Gasteiger partial charge in [0, 0.05) is 12.2 Å². The second-order valence-corrected chi connectivity index (χ2v) is 14.4. The van der Waals surface area contributed by atoms with E-state index in [0.29, 0.717) is 17.4 Å². The van der Waals surface area contributed by atoms with Crippen LogP contribution < -0.4 is 10.3 Å². The molecule has 2 unspecified atom stereocenters. The van der Waals surface area contributed by atoms with Crippen molar-refractivity contribution in [2.75, 3.05) is 18.0 Å². The van der Waals surface area contributed by atoms with Crippen molar-refractivity contribution in [2.45, 2.75) is 77.2 Å². The van der Waals surface area contributed by atoms with Gasteiger partial charge in [-0.3, -0.25) is 0 Å². The number of quaternary nitrogens is 1. The topological polar surface area (TPSA) is 87.2 Å². The van der Waals surface area contributed by atoms with E-state index >= 15 is 0 Å². The Balaban J connectivity index is 0.000000185. The Kier molecular flexibility index (Phi) is 11.9. The summed E-state index contributed by atoms with van der Waals surface area (Å²) in [5.41, 5.74) is 6.02. The van der Waals surface area contributed by atoms with Crippen LogP contribution in [-0.2, 0) is 17.9 Å². The molecule has 7 nitrogen and oxygen atoms in total. The van der Waals surface area contributed by atoms with E-state index in [9.17, 15) is 0 Å². The van der Waals surface area contributed by atoms with E-state index in [1.807, 2.05) is 53.1 Å². The zero-order chi connectivity index (χ0) is 32.8. The van der Waals surface area contributed by atoms with Gasteiger partial charge in [0.15, 0.2) is 0 Å². The van der Waals surface area contributed by atoms with Gasteiger partial charge in [0.05, 0.1) is 0 Å². The molecule has 5 aliphatic rings. The first-order chi connectivity index (χ1) is 22.1. The summed E-state index contributed by atoms with van der Waals surface area (Å²) in [4.78, 5) is 5.34. The second-order valence-electron chi connectivity index (χ2n) is 13.9. The van der Waals surface area contributed by atoms with Crippen LogP contribution in [0.4, 0.5) is 5.69 Å². The van der Waals surface area contributed by atoms with Gasteiger partial charge >= 0.3 is 98.9 Å². The number of nitrogens with zero attached hydrogens (tertiary/aromatic N) is 2. The number of rotatable bonds is 7. The van der Waals surface area contributed by atoms with E-state index in [1.54, 1.807) is 0 Å². The van der Waals surface area contributed by atoms with Crippen LogP contribution in [0.2, 0.25) is 0 Å². The molecule has 0 radical (unpaired) electrons. The third-order valence-electron chi connectivity index (χ3n) is 9.88. The first-order valence-corrected chi connectivity index (χ1v) is 17.7. The van der Waals surface area contributed by atoms with Gasteiger partial charge in [-0.15, -0.1) is 5.54 Å². The minimum absolute atomic E-state index is 0.369. The third-order valence-corrected chi connectivity index (χ3v) is 10.4. The summed E-state index contributed by atoms with van der Waals surface area (Å²) in [6, 6.07) is 25.0. The minimum atomic E-state index is -1.83. The zero-order valence-corrected chi connectivity index (χ0v) is 29.2. The Morgan fingerprint density at radius 3 is 2.02 bits per heavy atom. The predicted octanol–water partition coefficient (Wildman–Crippen LogP) is 7.14. The predicted molar refractivity (Wildman–Crippen MR) is 181 cm³/mol. The number of nitrogens with one attached hydrogen (secondary N) is 1. The molecule has 1 aliphatic heterocycles.